The number of aromatic nitrogens is 2. The molecule has 3 aromatic rings. The van der Waals surface area contributed by atoms with Crippen LogP contribution in [0.3, 0.4) is 0 Å². The Bertz CT molecular complexity index is 1460. The van der Waals surface area contributed by atoms with Crippen LogP contribution in [0, 0.1) is 11.3 Å². The van der Waals surface area contributed by atoms with E-state index in [9.17, 15) is 18.5 Å². The first-order chi connectivity index (χ1) is 17.2. The van der Waals surface area contributed by atoms with E-state index < -0.39 is 33.0 Å². The number of nitrogens with zero attached hydrogens (tertiary/aromatic N) is 4. The summed E-state index contributed by atoms with van der Waals surface area (Å²) in [4.78, 5) is 14.6. The molecule has 10 nitrogen and oxygen atoms in total. The van der Waals surface area contributed by atoms with Gasteiger partial charge in [-0.3, -0.25) is 4.79 Å². The molecule has 0 bridgehead atoms. The van der Waals surface area contributed by atoms with E-state index in [1.54, 1.807) is 30.3 Å². The summed E-state index contributed by atoms with van der Waals surface area (Å²) in [5, 5.41) is 21.9. The zero-order chi connectivity index (χ0) is 25.5. The Labute approximate surface area is 213 Å². The normalized spacial score (nSPS) is 20.9. The van der Waals surface area contributed by atoms with Crippen molar-refractivity contribution in [2.45, 2.75) is 35.7 Å². The summed E-state index contributed by atoms with van der Waals surface area (Å²) in [5.74, 6) is -0.668. The fourth-order valence-corrected chi connectivity index (χ4v) is 6.22. The fourth-order valence-electron chi connectivity index (χ4n) is 4.54. The Hall–Kier alpha value is -3.30. The molecule has 2 aliphatic rings. The van der Waals surface area contributed by atoms with E-state index in [4.69, 9.17) is 21.8 Å². The SMILES string of the molecule is N#CC1(c2nnc(-c3ccc4c(c3)N(Cc3ccc(Cl)cc3)C(=O)[C@@H](N)CS4(=O)=O)o2)CCNCC1. The van der Waals surface area contributed by atoms with E-state index in [1.165, 1.54) is 17.0 Å². The van der Waals surface area contributed by atoms with Gasteiger partial charge in [0.25, 0.3) is 0 Å². The van der Waals surface area contributed by atoms with Crippen LogP contribution in [0.25, 0.3) is 11.5 Å². The van der Waals surface area contributed by atoms with Gasteiger partial charge in [-0.1, -0.05) is 23.7 Å². The van der Waals surface area contributed by atoms with Crippen LogP contribution in [0.15, 0.2) is 51.8 Å². The lowest BCUT2D eigenvalue weighted by molar-refractivity contribution is -0.119. The van der Waals surface area contributed by atoms with Crippen molar-refractivity contribution < 1.29 is 17.6 Å². The summed E-state index contributed by atoms with van der Waals surface area (Å²) in [7, 11) is -3.84. The second kappa shape index (κ2) is 9.29. The summed E-state index contributed by atoms with van der Waals surface area (Å²) in [6, 6.07) is 12.5. The summed E-state index contributed by atoms with van der Waals surface area (Å²) < 4.78 is 32.1. The van der Waals surface area contributed by atoms with E-state index in [0.717, 1.165) is 5.56 Å². The van der Waals surface area contributed by atoms with Crippen LogP contribution in [0.4, 0.5) is 5.69 Å². The molecule has 36 heavy (non-hydrogen) atoms. The van der Waals surface area contributed by atoms with Crippen molar-refractivity contribution in [1.29, 1.82) is 5.26 Å². The van der Waals surface area contributed by atoms with Crippen LogP contribution in [0.2, 0.25) is 5.02 Å². The number of nitrogens with two attached hydrogens (primary N) is 1. The average Bonchev–Trinajstić information content (AvgIpc) is 3.37. The van der Waals surface area contributed by atoms with Gasteiger partial charge in [0, 0.05) is 10.6 Å². The standard InChI is InChI=1S/C24H23ClN6O4S/c25-17-4-1-15(2-5-17)12-31-19-11-16(3-6-20(19)36(33,34)13-18(27)22(31)32)21-29-30-23(35-21)24(14-26)7-9-28-10-8-24/h1-6,11,18,28H,7-10,12-13,27H2/t18-/m0/s1. The predicted octanol–water partition coefficient (Wildman–Crippen LogP) is 2.18. The molecule has 1 amide bonds. The second-order valence-corrected chi connectivity index (χ2v) is 11.4. The highest BCUT2D eigenvalue weighted by Crippen LogP contribution is 2.37. The van der Waals surface area contributed by atoms with Crippen molar-refractivity contribution >= 4 is 33.0 Å². The number of carbonyl (C=O) groups is 1. The van der Waals surface area contributed by atoms with Crippen molar-refractivity contribution in [3.63, 3.8) is 0 Å². The smallest absolute Gasteiger partial charge is 0.247 e. The number of piperidine rings is 1. The molecule has 0 unspecified atom stereocenters. The van der Waals surface area contributed by atoms with Gasteiger partial charge in [-0.05, 0) is 61.8 Å². The molecule has 0 radical (unpaired) electrons. The topological polar surface area (TPSA) is 155 Å². The first-order valence-corrected chi connectivity index (χ1v) is 13.4. The molecular formula is C24H23ClN6O4S. The highest BCUT2D eigenvalue weighted by molar-refractivity contribution is 7.91. The second-order valence-electron chi connectivity index (χ2n) is 8.98. The predicted molar refractivity (Wildman–Crippen MR) is 132 cm³/mol. The van der Waals surface area contributed by atoms with Gasteiger partial charge < -0.3 is 20.4 Å². The molecule has 1 aromatic heterocycles. The minimum atomic E-state index is -3.84. The van der Waals surface area contributed by atoms with Crippen LogP contribution in [0.5, 0.6) is 0 Å². The number of sulfone groups is 1. The zero-order valence-electron chi connectivity index (χ0n) is 19.1. The molecule has 1 fully saturated rings. The number of hydrogen-bond donors (Lipinski definition) is 2. The van der Waals surface area contributed by atoms with Gasteiger partial charge in [0.2, 0.25) is 17.7 Å². The van der Waals surface area contributed by atoms with Gasteiger partial charge in [0.05, 0.1) is 35.0 Å². The average molecular weight is 527 g/mol. The van der Waals surface area contributed by atoms with Crippen molar-refractivity contribution in [2.75, 3.05) is 23.7 Å². The highest BCUT2D eigenvalue weighted by atomic mass is 35.5. The van der Waals surface area contributed by atoms with Crippen molar-refractivity contribution in [3.05, 3.63) is 58.9 Å². The number of carbonyl (C=O) groups excluding carboxylic acids is 1. The maximum Gasteiger partial charge on any atom is 0.247 e. The van der Waals surface area contributed by atoms with Crippen LogP contribution in [-0.4, -0.2) is 49.4 Å². The maximum atomic E-state index is 13.2. The van der Waals surface area contributed by atoms with E-state index in [-0.39, 0.29) is 28.9 Å². The number of hydrogen-bond acceptors (Lipinski definition) is 9. The highest BCUT2D eigenvalue weighted by Gasteiger charge is 2.40. The number of halogens is 1. The molecule has 1 atom stereocenters. The summed E-state index contributed by atoms with van der Waals surface area (Å²) in [6.45, 7) is 1.41. The van der Waals surface area contributed by atoms with Gasteiger partial charge in [0.15, 0.2) is 9.84 Å². The van der Waals surface area contributed by atoms with Gasteiger partial charge in [-0.15, -0.1) is 10.2 Å². The van der Waals surface area contributed by atoms with Crippen LogP contribution in [0.1, 0.15) is 24.3 Å². The molecule has 2 aromatic carbocycles. The molecule has 5 rings (SSSR count). The Morgan fingerprint density at radius 1 is 1.19 bits per heavy atom. The lowest BCUT2D eigenvalue weighted by Gasteiger charge is -2.27. The third kappa shape index (κ3) is 4.37. The maximum absolute atomic E-state index is 13.2. The minimum absolute atomic E-state index is 0.00639. The van der Waals surface area contributed by atoms with Crippen LogP contribution >= 0.6 is 11.6 Å². The van der Waals surface area contributed by atoms with Gasteiger partial charge >= 0.3 is 0 Å². The van der Waals surface area contributed by atoms with Crippen molar-refractivity contribution in [3.8, 4) is 17.5 Å². The van der Waals surface area contributed by atoms with Crippen LogP contribution in [-0.2, 0) is 26.6 Å². The Kier molecular flexibility index (Phi) is 6.30. The quantitative estimate of drug-likeness (QED) is 0.520. The van der Waals surface area contributed by atoms with E-state index in [2.05, 4.69) is 21.6 Å². The summed E-state index contributed by atoms with van der Waals surface area (Å²) in [6.07, 6.45) is 1.07. The molecule has 3 heterocycles. The molecule has 0 spiro atoms. The summed E-state index contributed by atoms with van der Waals surface area (Å²) >= 11 is 5.99. The van der Waals surface area contributed by atoms with Gasteiger partial charge in [0.1, 0.15) is 5.41 Å². The molecule has 12 heteroatoms. The molecule has 0 aliphatic carbocycles. The number of amides is 1. The number of benzene rings is 2. The lowest BCUT2D eigenvalue weighted by Crippen LogP contribution is -2.45. The fraction of sp³-hybridized carbons (Fsp3) is 0.333. The number of nitriles is 1. The lowest BCUT2D eigenvalue weighted by atomic mass is 9.80. The van der Waals surface area contributed by atoms with E-state index >= 15 is 0 Å². The van der Waals surface area contributed by atoms with Gasteiger partial charge in [-0.25, -0.2) is 8.42 Å². The minimum Gasteiger partial charge on any atom is -0.419 e. The van der Waals surface area contributed by atoms with Crippen LogP contribution < -0.4 is 16.0 Å². The van der Waals surface area contributed by atoms with Crippen molar-refractivity contribution in [1.82, 2.24) is 15.5 Å². The Morgan fingerprint density at radius 3 is 2.61 bits per heavy atom. The first-order valence-electron chi connectivity index (χ1n) is 11.4. The molecule has 3 N–H and O–H groups in total. The Morgan fingerprint density at radius 2 is 1.92 bits per heavy atom. The third-order valence-electron chi connectivity index (χ3n) is 6.57. The Balaban J connectivity index is 1.58. The zero-order valence-corrected chi connectivity index (χ0v) is 20.7. The largest absolute Gasteiger partial charge is 0.419 e. The van der Waals surface area contributed by atoms with E-state index in [0.29, 0.717) is 36.5 Å². The molecular weight excluding hydrogens is 504 g/mol. The number of rotatable bonds is 4. The molecule has 0 saturated carbocycles. The number of nitrogens with one attached hydrogen (secondary N) is 1. The summed E-state index contributed by atoms with van der Waals surface area (Å²) in [5.41, 5.74) is 6.47. The molecule has 186 valence electrons. The van der Waals surface area contributed by atoms with Gasteiger partial charge in [-0.2, -0.15) is 5.26 Å². The third-order valence-corrected chi connectivity index (χ3v) is 8.64. The monoisotopic (exact) mass is 526 g/mol. The first kappa shape index (κ1) is 24.4. The van der Waals surface area contributed by atoms with Crippen molar-refractivity contribution in [2.24, 2.45) is 5.73 Å². The number of fused-ring (bicyclic) bond motifs is 1. The molecule has 2 aliphatic heterocycles. The number of anilines is 1. The molecule has 1 saturated heterocycles. The van der Waals surface area contributed by atoms with E-state index in [1.807, 2.05) is 0 Å².